The number of methoxy groups -OCH3 is 1. The van der Waals surface area contributed by atoms with Crippen molar-refractivity contribution in [2.75, 3.05) is 37.1 Å². The summed E-state index contributed by atoms with van der Waals surface area (Å²) < 4.78 is 33.1. The predicted octanol–water partition coefficient (Wildman–Crippen LogP) is 2.76. The summed E-state index contributed by atoms with van der Waals surface area (Å²) >= 11 is 1.54. The Labute approximate surface area is 188 Å². The Morgan fingerprint density at radius 1 is 1.26 bits per heavy atom. The third-order valence-corrected chi connectivity index (χ3v) is 8.80. The summed E-state index contributed by atoms with van der Waals surface area (Å²) in [5.74, 6) is 0.760. The maximum Gasteiger partial charge on any atom is 0.248 e. The number of anilines is 1. The van der Waals surface area contributed by atoms with Crippen LogP contribution in [0.3, 0.4) is 0 Å². The minimum Gasteiger partial charge on any atom is -0.495 e. The molecule has 2 aliphatic rings. The van der Waals surface area contributed by atoms with Crippen LogP contribution in [0.25, 0.3) is 0 Å². The third-order valence-electron chi connectivity index (χ3n) is 5.87. The Balaban J connectivity index is 1.81. The highest BCUT2D eigenvalue weighted by Gasteiger charge is 2.36. The van der Waals surface area contributed by atoms with Gasteiger partial charge in [-0.25, -0.2) is 8.42 Å². The maximum atomic E-state index is 13.2. The van der Waals surface area contributed by atoms with E-state index in [9.17, 15) is 18.0 Å². The number of rotatable bonds is 7. The van der Waals surface area contributed by atoms with Crippen LogP contribution in [0.5, 0.6) is 5.75 Å². The minimum atomic E-state index is -3.73. The molecule has 8 nitrogen and oxygen atoms in total. The number of thioether (sulfide) groups is 1. The van der Waals surface area contributed by atoms with E-state index in [2.05, 4.69) is 5.32 Å². The molecule has 1 aromatic rings. The van der Waals surface area contributed by atoms with E-state index in [0.29, 0.717) is 36.8 Å². The molecular formula is C21H31N3O5S2. The molecule has 2 saturated heterocycles. The van der Waals surface area contributed by atoms with Crippen LogP contribution >= 0.6 is 11.8 Å². The lowest BCUT2D eigenvalue weighted by molar-refractivity contribution is -0.139. The summed E-state index contributed by atoms with van der Waals surface area (Å²) in [7, 11) is -2.31. The Bertz CT molecular complexity index is 916. The van der Waals surface area contributed by atoms with E-state index in [1.165, 1.54) is 29.2 Å². The van der Waals surface area contributed by atoms with Gasteiger partial charge in [-0.2, -0.15) is 4.31 Å². The second-order valence-electron chi connectivity index (χ2n) is 7.95. The molecule has 0 aromatic heterocycles. The summed E-state index contributed by atoms with van der Waals surface area (Å²) in [5, 5.41) is 2.81. The van der Waals surface area contributed by atoms with Gasteiger partial charge < -0.3 is 15.0 Å². The molecule has 2 aliphatic heterocycles. The van der Waals surface area contributed by atoms with E-state index in [-0.39, 0.29) is 28.4 Å². The number of nitrogens with one attached hydrogen (secondary N) is 1. The quantitative estimate of drug-likeness (QED) is 0.660. The zero-order valence-corrected chi connectivity index (χ0v) is 19.9. The number of nitrogens with zero attached hydrogens (tertiary/aromatic N) is 2. The van der Waals surface area contributed by atoms with Crippen LogP contribution < -0.4 is 10.1 Å². The van der Waals surface area contributed by atoms with E-state index in [1.54, 1.807) is 17.0 Å². The number of carbonyl (C=O) groups is 2. The molecule has 2 fully saturated rings. The normalized spacial score (nSPS) is 21.0. The Morgan fingerprint density at radius 3 is 2.61 bits per heavy atom. The molecule has 1 aromatic carbocycles. The van der Waals surface area contributed by atoms with E-state index in [1.807, 2.05) is 13.8 Å². The van der Waals surface area contributed by atoms with Crippen LogP contribution in [0.4, 0.5) is 5.69 Å². The van der Waals surface area contributed by atoms with Crippen molar-refractivity contribution < 1.29 is 22.7 Å². The highest BCUT2D eigenvalue weighted by molar-refractivity contribution is 7.99. The smallest absolute Gasteiger partial charge is 0.248 e. The Kier molecular flexibility index (Phi) is 7.87. The molecule has 0 bridgehead atoms. The van der Waals surface area contributed by atoms with Crippen LogP contribution in [0.2, 0.25) is 0 Å². The number of hydrogen-bond acceptors (Lipinski definition) is 6. The molecule has 2 heterocycles. The molecule has 3 rings (SSSR count). The summed E-state index contributed by atoms with van der Waals surface area (Å²) in [6.07, 6.45) is 3.39. The zero-order chi connectivity index (χ0) is 22.6. The molecule has 31 heavy (non-hydrogen) atoms. The Hall–Kier alpha value is -1.78. The first-order valence-corrected chi connectivity index (χ1v) is 13.3. The molecule has 0 spiro atoms. The monoisotopic (exact) mass is 469 g/mol. The molecule has 1 N–H and O–H groups in total. The summed E-state index contributed by atoms with van der Waals surface area (Å²) in [6.45, 7) is 4.77. The average molecular weight is 470 g/mol. The van der Waals surface area contributed by atoms with Crippen molar-refractivity contribution in [3.8, 4) is 5.75 Å². The number of benzene rings is 1. The molecule has 172 valence electrons. The number of carbonyl (C=O) groups excluding carboxylic acids is 2. The van der Waals surface area contributed by atoms with E-state index < -0.39 is 16.1 Å². The molecule has 0 aliphatic carbocycles. The number of sulfonamides is 1. The van der Waals surface area contributed by atoms with Gasteiger partial charge >= 0.3 is 0 Å². The fraction of sp³-hybridized carbons (Fsp3) is 0.619. The fourth-order valence-corrected chi connectivity index (χ4v) is 6.62. The molecule has 2 atom stereocenters. The van der Waals surface area contributed by atoms with Gasteiger partial charge in [0.15, 0.2) is 0 Å². The standard InChI is InChI=1S/C21H31N3O5S2/c1-4-15(2)21(26)24-14-30-13-17(24)20(25)22-16-8-9-18(29-3)19(12-16)31(27,28)23-10-6-5-7-11-23/h8-9,12,15,17H,4-7,10-11,13-14H2,1-3H3,(H,22,25)/t15-,17-/m0/s1. The maximum absolute atomic E-state index is 13.2. The van der Waals surface area contributed by atoms with Crippen molar-refractivity contribution in [3.05, 3.63) is 18.2 Å². The number of ether oxygens (including phenoxy) is 1. The van der Waals surface area contributed by atoms with Crippen LogP contribution in [0, 0.1) is 5.92 Å². The van der Waals surface area contributed by atoms with Crippen molar-refractivity contribution in [1.29, 1.82) is 0 Å². The van der Waals surface area contributed by atoms with Gasteiger partial charge in [0.05, 0.1) is 13.0 Å². The Morgan fingerprint density at radius 2 is 1.97 bits per heavy atom. The van der Waals surface area contributed by atoms with Gasteiger partial charge in [-0.05, 0) is 37.5 Å². The van der Waals surface area contributed by atoms with Gasteiger partial charge in [-0.15, -0.1) is 11.8 Å². The van der Waals surface area contributed by atoms with Gasteiger partial charge in [0.1, 0.15) is 16.7 Å². The molecular weight excluding hydrogens is 438 g/mol. The first-order chi connectivity index (χ1) is 14.8. The second-order valence-corrected chi connectivity index (χ2v) is 10.9. The van der Waals surface area contributed by atoms with Crippen molar-refractivity contribution in [3.63, 3.8) is 0 Å². The lowest BCUT2D eigenvalue weighted by atomic mass is 10.1. The van der Waals surface area contributed by atoms with Crippen LogP contribution in [-0.4, -0.2) is 67.3 Å². The van der Waals surface area contributed by atoms with E-state index in [4.69, 9.17) is 4.74 Å². The summed E-state index contributed by atoms with van der Waals surface area (Å²) in [4.78, 5) is 27.2. The first kappa shape index (κ1) is 23.9. The third kappa shape index (κ3) is 5.18. The summed E-state index contributed by atoms with van der Waals surface area (Å²) in [5.41, 5.74) is 0.370. The lowest BCUT2D eigenvalue weighted by Gasteiger charge is -2.27. The van der Waals surface area contributed by atoms with Gasteiger partial charge in [0.2, 0.25) is 21.8 Å². The van der Waals surface area contributed by atoms with Gasteiger partial charge in [-0.3, -0.25) is 9.59 Å². The van der Waals surface area contributed by atoms with Gasteiger partial charge in [-0.1, -0.05) is 20.3 Å². The van der Waals surface area contributed by atoms with Crippen LogP contribution in [0.1, 0.15) is 39.5 Å². The van der Waals surface area contributed by atoms with Crippen molar-refractivity contribution in [2.45, 2.75) is 50.5 Å². The van der Waals surface area contributed by atoms with Crippen LogP contribution in [0.15, 0.2) is 23.1 Å². The van der Waals surface area contributed by atoms with Gasteiger partial charge in [0.25, 0.3) is 0 Å². The highest BCUT2D eigenvalue weighted by Crippen LogP contribution is 2.32. The average Bonchev–Trinajstić information content (AvgIpc) is 3.28. The van der Waals surface area contributed by atoms with E-state index in [0.717, 1.165) is 19.3 Å². The first-order valence-electron chi connectivity index (χ1n) is 10.7. The lowest BCUT2D eigenvalue weighted by Crippen LogP contribution is -2.46. The number of amides is 2. The van der Waals surface area contributed by atoms with Crippen LogP contribution in [-0.2, 0) is 19.6 Å². The molecule has 0 saturated carbocycles. The molecule has 0 unspecified atom stereocenters. The van der Waals surface area contributed by atoms with Gasteiger partial charge in [0, 0.05) is 30.4 Å². The second kappa shape index (κ2) is 10.2. The zero-order valence-electron chi connectivity index (χ0n) is 18.3. The van der Waals surface area contributed by atoms with Crippen molar-refractivity contribution >= 4 is 39.3 Å². The fourth-order valence-electron chi connectivity index (χ4n) is 3.76. The minimum absolute atomic E-state index is 0.0317. The number of hydrogen-bond donors (Lipinski definition) is 1. The van der Waals surface area contributed by atoms with E-state index >= 15 is 0 Å². The summed E-state index contributed by atoms with van der Waals surface area (Å²) in [6, 6.07) is 4.05. The highest BCUT2D eigenvalue weighted by atomic mass is 32.2. The van der Waals surface area contributed by atoms with Crippen molar-refractivity contribution in [1.82, 2.24) is 9.21 Å². The SMILES string of the molecule is CC[C@H](C)C(=O)N1CSC[C@H]1C(=O)Nc1ccc(OC)c(S(=O)(=O)N2CCCCC2)c1. The number of piperidine rings is 1. The molecule has 2 amide bonds. The largest absolute Gasteiger partial charge is 0.495 e. The van der Waals surface area contributed by atoms with Crippen molar-refractivity contribution in [2.24, 2.45) is 5.92 Å². The predicted molar refractivity (Wildman–Crippen MR) is 122 cm³/mol. The molecule has 0 radical (unpaired) electrons. The molecule has 10 heteroatoms. The topological polar surface area (TPSA) is 96.0 Å².